The molecule has 0 aliphatic carbocycles. The zero-order valence-electron chi connectivity index (χ0n) is 11.6. The number of hydrogen-bond acceptors (Lipinski definition) is 5. The molecule has 21 heavy (non-hydrogen) atoms. The predicted molar refractivity (Wildman–Crippen MR) is 79.0 cm³/mol. The van der Waals surface area contributed by atoms with Crippen molar-refractivity contribution in [2.75, 3.05) is 18.0 Å². The van der Waals surface area contributed by atoms with Gasteiger partial charge in [-0.05, 0) is 25.0 Å². The van der Waals surface area contributed by atoms with Crippen molar-refractivity contribution < 1.29 is 4.79 Å². The molecule has 1 fully saturated rings. The molecular formula is C15H17N5O. The summed E-state index contributed by atoms with van der Waals surface area (Å²) >= 11 is 0. The normalized spacial score (nSPS) is 18.3. The summed E-state index contributed by atoms with van der Waals surface area (Å²) < 4.78 is 0. The van der Waals surface area contributed by atoms with Gasteiger partial charge in [0.25, 0.3) is 5.91 Å². The molecule has 1 atom stereocenters. The van der Waals surface area contributed by atoms with Gasteiger partial charge in [-0.1, -0.05) is 0 Å². The summed E-state index contributed by atoms with van der Waals surface area (Å²) in [5.74, 6) is 0.809. The molecule has 0 bridgehead atoms. The number of pyridine rings is 1. The number of hydrogen-bond donors (Lipinski definition) is 1. The van der Waals surface area contributed by atoms with Crippen LogP contribution in [0.5, 0.6) is 0 Å². The van der Waals surface area contributed by atoms with Gasteiger partial charge in [-0.25, -0.2) is 4.98 Å². The number of amides is 1. The van der Waals surface area contributed by atoms with Gasteiger partial charge in [0, 0.05) is 49.5 Å². The Morgan fingerprint density at radius 1 is 1.19 bits per heavy atom. The van der Waals surface area contributed by atoms with E-state index in [-0.39, 0.29) is 11.9 Å². The number of nitrogens with one attached hydrogen (secondary N) is 1. The smallest absolute Gasteiger partial charge is 0.251 e. The first-order chi connectivity index (χ1) is 10.3. The van der Waals surface area contributed by atoms with Crippen LogP contribution in [0, 0.1) is 0 Å². The van der Waals surface area contributed by atoms with E-state index in [2.05, 4.69) is 25.2 Å². The maximum atomic E-state index is 12.2. The van der Waals surface area contributed by atoms with Crippen LogP contribution in [0.2, 0.25) is 0 Å². The Hall–Kier alpha value is -2.50. The van der Waals surface area contributed by atoms with Gasteiger partial charge in [0.15, 0.2) is 0 Å². The van der Waals surface area contributed by atoms with Gasteiger partial charge in [0.05, 0.1) is 6.20 Å². The summed E-state index contributed by atoms with van der Waals surface area (Å²) in [4.78, 5) is 26.7. The average Bonchev–Trinajstić information content (AvgIpc) is 2.57. The van der Waals surface area contributed by atoms with Crippen molar-refractivity contribution >= 4 is 11.7 Å². The summed E-state index contributed by atoms with van der Waals surface area (Å²) in [7, 11) is 0. The van der Waals surface area contributed by atoms with E-state index >= 15 is 0 Å². The lowest BCUT2D eigenvalue weighted by Crippen LogP contribution is -2.48. The minimum absolute atomic E-state index is 0.0524. The van der Waals surface area contributed by atoms with Crippen LogP contribution in [0.1, 0.15) is 23.2 Å². The zero-order chi connectivity index (χ0) is 14.5. The van der Waals surface area contributed by atoms with Gasteiger partial charge in [-0.2, -0.15) is 0 Å². The first-order valence-corrected chi connectivity index (χ1v) is 7.05. The fraction of sp³-hybridized carbons (Fsp3) is 0.333. The molecule has 0 radical (unpaired) electrons. The van der Waals surface area contributed by atoms with E-state index in [9.17, 15) is 4.79 Å². The van der Waals surface area contributed by atoms with Crippen molar-refractivity contribution in [1.29, 1.82) is 0 Å². The number of rotatable bonds is 3. The lowest BCUT2D eigenvalue weighted by atomic mass is 10.1. The van der Waals surface area contributed by atoms with Crippen LogP contribution in [0.25, 0.3) is 0 Å². The second-order valence-electron chi connectivity index (χ2n) is 5.06. The molecule has 1 amide bonds. The van der Waals surface area contributed by atoms with Gasteiger partial charge in [0.2, 0.25) is 0 Å². The van der Waals surface area contributed by atoms with E-state index in [0.717, 1.165) is 31.7 Å². The van der Waals surface area contributed by atoms with Crippen molar-refractivity contribution in [2.45, 2.75) is 18.9 Å². The summed E-state index contributed by atoms with van der Waals surface area (Å²) in [6.07, 6.45) is 10.4. The molecule has 1 aliphatic heterocycles. The van der Waals surface area contributed by atoms with E-state index in [1.54, 1.807) is 43.1 Å². The molecule has 6 heteroatoms. The van der Waals surface area contributed by atoms with E-state index in [1.165, 1.54) is 0 Å². The molecule has 2 aromatic heterocycles. The molecule has 1 saturated heterocycles. The lowest BCUT2D eigenvalue weighted by molar-refractivity contribution is 0.0933. The first kappa shape index (κ1) is 13.5. The summed E-state index contributed by atoms with van der Waals surface area (Å²) in [6, 6.07) is 3.57. The number of piperidine rings is 1. The highest BCUT2D eigenvalue weighted by Crippen LogP contribution is 2.16. The Bertz CT molecular complexity index is 590. The zero-order valence-corrected chi connectivity index (χ0v) is 11.6. The van der Waals surface area contributed by atoms with Crippen molar-refractivity contribution in [3.63, 3.8) is 0 Å². The third-order valence-corrected chi connectivity index (χ3v) is 3.57. The predicted octanol–water partition coefficient (Wildman–Crippen LogP) is 1.27. The fourth-order valence-electron chi connectivity index (χ4n) is 2.53. The number of carbonyl (C=O) groups excluding carboxylic acids is 1. The standard InChI is InChI=1S/C15H17N5O/c21-15(12-3-5-16-6-4-12)19-13-2-1-9-20(11-13)14-10-17-7-8-18-14/h3-8,10,13H,1-2,9,11H2,(H,19,21). The second-order valence-corrected chi connectivity index (χ2v) is 5.06. The van der Waals surface area contributed by atoms with Crippen LogP contribution in [0.3, 0.4) is 0 Å². The fourth-order valence-corrected chi connectivity index (χ4v) is 2.53. The largest absolute Gasteiger partial charge is 0.353 e. The Morgan fingerprint density at radius 3 is 2.81 bits per heavy atom. The van der Waals surface area contributed by atoms with Crippen LogP contribution in [0.4, 0.5) is 5.82 Å². The minimum Gasteiger partial charge on any atom is -0.353 e. The lowest BCUT2D eigenvalue weighted by Gasteiger charge is -2.33. The van der Waals surface area contributed by atoms with Crippen LogP contribution >= 0.6 is 0 Å². The molecule has 0 spiro atoms. The van der Waals surface area contributed by atoms with Gasteiger partial charge < -0.3 is 10.2 Å². The number of carbonyl (C=O) groups is 1. The molecule has 1 unspecified atom stereocenters. The van der Waals surface area contributed by atoms with Crippen LogP contribution in [-0.4, -0.2) is 40.0 Å². The number of aromatic nitrogens is 3. The molecule has 1 N–H and O–H groups in total. The van der Waals surface area contributed by atoms with E-state index < -0.39 is 0 Å². The van der Waals surface area contributed by atoms with Crippen molar-refractivity contribution in [3.05, 3.63) is 48.7 Å². The monoisotopic (exact) mass is 283 g/mol. The van der Waals surface area contributed by atoms with Gasteiger partial charge >= 0.3 is 0 Å². The minimum atomic E-state index is -0.0524. The van der Waals surface area contributed by atoms with E-state index in [4.69, 9.17) is 0 Å². The van der Waals surface area contributed by atoms with Crippen molar-refractivity contribution in [1.82, 2.24) is 20.3 Å². The maximum Gasteiger partial charge on any atom is 0.251 e. The Morgan fingerprint density at radius 2 is 2.05 bits per heavy atom. The molecule has 1 aliphatic rings. The summed E-state index contributed by atoms with van der Waals surface area (Å²) in [5.41, 5.74) is 0.640. The van der Waals surface area contributed by atoms with Crippen molar-refractivity contribution in [2.24, 2.45) is 0 Å². The molecular weight excluding hydrogens is 266 g/mol. The molecule has 3 heterocycles. The molecule has 6 nitrogen and oxygen atoms in total. The molecule has 108 valence electrons. The Balaban J connectivity index is 1.63. The van der Waals surface area contributed by atoms with Gasteiger partial charge in [-0.15, -0.1) is 0 Å². The molecule has 3 rings (SSSR count). The average molecular weight is 283 g/mol. The molecule has 0 aromatic carbocycles. The Labute approximate surface area is 123 Å². The highest BCUT2D eigenvalue weighted by Gasteiger charge is 2.22. The van der Waals surface area contributed by atoms with Gasteiger partial charge in [0.1, 0.15) is 5.82 Å². The highest BCUT2D eigenvalue weighted by molar-refractivity contribution is 5.94. The number of nitrogens with zero attached hydrogens (tertiary/aromatic N) is 4. The van der Waals surface area contributed by atoms with Crippen LogP contribution in [0.15, 0.2) is 43.1 Å². The Kier molecular flexibility index (Phi) is 4.04. The third kappa shape index (κ3) is 3.34. The molecule has 0 saturated carbocycles. The molecule has 2 aromatic rings. The quantitative estimate of drug-likeness (QED) is 0.918. The maximum absolute atomic E-state index is 12.2. The van der Waals surface area contributed by atoms with Crippen molar-refractivity contribution in [3.8, 4) is 0 Å². The first-order valence-electron chi connectivity index (χ1n) is 7.05. The SMILES string of the molecule is O=C(NC1CCCN(c2cnccn2)C1)c1ccncc1. The summed E-state index contributed by atoms with van der Waals surface area (Å²) in [6.45, 7) is 1.70. The van der Waals surface area contributed by atoms with Crippen LogP contribution in [-0.2, 0) is 0 Å². The third-order valence-electron chi connectivity index (χ3n) is 3.57. The van der Waals surface area contributed by atoms with E-state index in [1.807, 2.05) is 0 Å². The van der Waals surface area contributed by atoms with Crippen LogP contribution < -0.4 is 10.2 Å². The van der Waals surface area contributed by atoms with Gasteiger partial charge in [-0.3, -0.25) is 14.8 Å². The second kappa shape index (κ2) is 6.30. The van der Waals surface area contributed by atoms with E-state index in [0.29, 0.717) is 5.56 Å². The number of anilines is 1. The summed E-state index contributed by atoms with van der Waals surface area (Å²) in [5, 5.41) is 3.08. The topological polar surface area (TPSA) is 71.0 Å². The highest BCUT2D eigenvalue weighted by atomic mass is 16.1.